The lowest BCUT2D eigenvalue weighted by molar-refractivity contribution is 0.0549. The van der Waals surface area contributed by atoms with Gasteiger partial charge in [0.15, 0.2) is 0 Å². The van der Waals surface area contributed by atoms with Gasteiger partial charge in [-0.25, -0.2) is 0 Å². The molecule has 1 aliphatic heterocycles. The zero-order chi connectivity index (χ0) is 11.3. The Balaban J connectivity index is 2.34. The van der Waals surface area contributed by atoms with E-state index in [1.807, 2.05) is 6.92 Å². The number of aliphatic hydroxyl groups is 1. The molecule has 1 saturated heterocycles. The van der Waals surface area contributed by atoms with Crippen molar-refractivity contribution in [3.63, 3.8) is 0 Å². The van der Waals surface area contributed by atoms with Gasteiger partial charge in [0.05, 0.1) is 12.7 Å². The lowest BCUT2D eigenvalue weighted by atomic mass is 9.96. The van der Waals surface area contributed by atoms with Crippen LogP contribution in [-0.2, 0) is 4.74 Å². The van der Waals surface area contributed by atoms with Crippen molar-refractivity contribution < 1.29 is 9.84 Å². The van der Waals surface area contributed by atoms with Crippen LogP contribution in [0.5, 0.6) is 0 Å². The Morgan fingerprint density at radius 3 is 2.80 bits per heavy atom. The van der Waals surface area contributed by atoms with E-state index in [0.29, 0.717) is 12.0 Å². The molecule has 0 bridgehead atoms. The van der Waals surface area contributed by atoms with Gasteiger partial charge in [-0.2, -0.15) is 0 Å². The van der Waals surface area contributed by atoms with Crippen LogP contribution in [0.4, 0.5) is 0 Å². The van der Waals surface area contributed by atoms with E-state index in [1.165, 1.54) is 19.4 Å². The largest absolute Gasteiger partial charge is 0.393 e. The van der Waals surface area contributed by atoms with E-state index in [-0.39, 0.29) is 6.10 Å². The van der Waals surface area contributed by atoms with E-state index in [1.54, 1.807) is 7.11 Å². The minimum atomic E-state index is -0.192. The summed E-state index contributed by atoms with van der Waals surface area (Å²) in [6.07, 6.45) is 3.23. The van der Waals surface area contributed by atoms with E-state index >= 15 is 0 Å². The third-order valence-electron chi connectivity index (χ3n) is 3.26. The van der Waals surface area contributed by atoms with Crippen molar-refractivity contribution in [1.82, 2.24) is 4.90 Å². The van der Waals surface area contributed by atoms with Gasteiger partial charge in [0.2, 0.25) is 0 Å². The van der Waals surface area contributed by atoms with Crippen molar-refractivity contribution in [3.8, 4) is 0 Å². The molecule has 90 valence electrons. The van der Waals surface area contributed by atoms with E-state index < -0.39 is 0 Å². The molecule has 0 aliphatic carbocycles. The summed E-state index contributed by atoms with van der Waals surface area (Å²) in [7, 11) is 1.78. The molecule has 0 aromatic rings. The number of ether oxygens (including phenoxy) is 1. The number of methoxy groups -OCH3 is 1. The van der Waals surface area contributed by atoms with Crippen LogP contribution < -0.4 is 0 Å². The number of likely N-dealkylation sites (tertiary alicyclic amines) is 1. The van der Waals surface area contributed by atoms with Gasteiger partial charge >= 0.3 is 0 Å². The Labute approximate surface area is 93.4 Å². The number of hydrogen-bond acceptors (Lipinski definition) is 3. The zero-order valence-electron chi connectivity index (χ0n) is 10.3. The van der Waals surface area contributed by atoms with Gasteiger partial charge in [-0.15, -0.1) is 0 Å². The van der Waals surface area contributed by atoms with E-state index in [4.69, 9.17) is 4.74 Å². The van der Waals surface area contributed by atoms with E-state index in [2.05, 4.69) is 11.8 Å². The maximum absolute atomic E-state index is 9.37. The highest BCUT2D eigenvalue weighted by Gasteiger charge is 2.23. The summed E-state index contributed by atoms with van der Waals surface area (Å²) in [5, 5.41) is 9.37. The topological polar surface area (TPSA) is 32.7 Å². The van der Waals surface area contributed by atoms with Gasteiger partial charge in [0, 0.05) is 19.7 Å². The van der Waals surface area contributed by atoms with Crippen LogP contribution in [0.25, 0.3) is 0 Å². The summed E-state index contributed by atoms with van der Waals surface area (Å²) in [4.78, 5) is 2.49. The Bertz CT molecular complexity index is 171. The van der Waals surface area contributed by atoms with Crippen LogP contribution in [0, 0.1) is 5.92 Å². The van der Waals surface area contributed by atoms with Crippen molar-refractivity contribution in [2.45, 2.75) is 45.3 Å². The molecule has 0 aromatic carbocycles. The number of hydrogen-bond donors (Lipinski definition) is 1. The number of nitrogens with zero attached hydrogens (tertiary/aromatic N) is 1. The second-order valence-corrected chi connectivity index (χ2v) is 4.89. The first-order chi connectivity index (χ1) is 7.13. The molecule has 0 amide bonds. The Morgan fingerprint density at radius 2 is 2.20 bits per heavy atom. The summed E-state index contributed by atoms with van der Waals surface area (Å²) >= 11 is 0. The van der Waals surface area contributed by atoms with Crippen molar-refractivity contribution in [2.75, 3.05) is 26.8 Å². The molecule has 3 atom stereocenters. The molecule has 1 N–H and O–H groups in total. The van der Waals surface area contributed by atoms with Gasteiger partial charge < -0.3 is 14.7 Å². The predicted molar refractivity (Wildman–Crippen MR) is 61.9 cm³/mol. The van der Waals surface area contributed by atoms with Gasteiger partial charge in [0.1, 0.15) is 0 Å². The summed E-state index contributed by atoms with van der Waals surface area (Å²) in [6, 6.07) is 0.490. The maximum atomic E-state index is 9.37. The van der Waals surface area contributed by atoms with E-state index in [0.717, 1.165) is 19.6 Å². The Morgan fingerprint density at radius 1 is 1.47 bits per heavy atom. The second kappa shape index (κ2) is 6.46. The molecular formula is C12H25NO2. The molecule has 1 rings (SSSR count). The molecule has 1 aliphatic rings. The molecule has 3 nitrogen and oxygen atoms in total. The first-order valence-corrected chi connectivity index (χ1v) is 6.04. The standard InChI is InChI=1S/C12H25NO2/c1-10(7-11(2)14)13-6-4-5-12(8-13)9-15-3/h10-12,14H,4-9H2,1-3H3. The van der Waals surface area contributed by atoms with Crippen LogP contribution in [0.2, 0.25) is 0 Å². The summed E-state index contributed by atoms with van der Waals surface area (Å²) in [6.45, 7) is 7.25. The minimum absolute atomic E-state index is 0.192. The second-order valence-electron chi connectivity index (χ2n) is 4.89. The molecule has 0 saturated carbocycles. The summed E-state index contributed by atoms with van der Waals surface area (Å²) < 4.78 is 5.21. The number of aliphatic hydroxyl groups excluding tert-OH is 1. The van der Waals surface area contributed by atoms with Gasteiger partial charge in [0.25, 0.3) is 0 Å². The van der Waals surface area contributed by atoms with Crippen molar-refractivity contribution >= 4 is 0 Å². The molecule has 1 fully saturated rings. The van der Waals surface area contributed by atoms with Crippen LogP contribution >= 0.6 is 0 Å². The fraction of sp³-hybridized carbons (Fsp3) is 1.00. The lowest BCUT2D eigenvalue weighted by Gasteiger charge is -2.37. The van der Waals surface area contributed by atoms with E-state index in [9.17, 15) is 5.11 Å². The molecule has 0 spiro atoms. The first kappa shape index (κ1) is 12.9. The molecule has 0 radical (unpaired) electrons. The minimum Gasteiger partial charge on any atom is -0.393 e. The SMILES string of the molecule is COCC1CCCN(C(C)CC(C)O)C1. The van der Waals surface area contributed by atoms with Crippen LogP contribution in [0.15, 0.2) is 0 Å². The molecule has 15 heavy (non-hydrogen) atoms. The van der Waals surface area contributed by atoms with Gasteiger partial charge in [-0.3, -0.25) is 0 Å². The highest BCUT2D eigenvalue weighted by molar-refractivity contribution is 4.77. The maximum Gasteiger partial charge on any atom is 0.0526 e. The molecule has 0 aromatic heterocycles. The van der Waals surface area contributed by atoms with Crippen LogP contribution in [-0.4, -0.2) is 49.0 Å². The lowest BCUT2D eigenvalue weighted by Crippen LogP contribution is -2.43. The Kier molecular flexibility index (Phi) is 5.58. The highest BCUT2D eigenvalue weighted by Crippen LogP contribution is 2.20. The molecule has 3 heteroatoms. The average molecular weight is 215 g/mol. The molecule has 3 unspecified atom stereocenters. The van der Waals surface area contributed by atoms with Crippen molar-refractivity contribution in [3.05, 3.63) is 0 Å². The van der Waals surface area contributed by atoms with Crippen LogP contribution in [0.1, 0.15) is 33.1 Å². The normalized spacial score (nSPS) is 27.6. The first-order valence-electron chi connectivity index (χ1n) is 6.04. The fourth-order valence-electron chi connectivity index (χ4n) is 2.51. The number of piperidine rings is 1. The highest BCUT2D eigenvalue weighted by atomic mass is 16.5. The molecule has 1 heterocycles. The smallest absolute Gasteiger partial charge is 0.0526 e. The van der Waals surface area contributed by atoms with Crippen molar-refractivity contribution in [2.24, 2.45) is 5.92 Å². The molecular weight excluding hydrogens is 190 g/mol. The van der Waals surface area contributed by atoms with Gasteiger partial charge in [-0.1, -0.05) is 0 Å². The summed E-state index contributed by atoms with van der Waals surface area (Å²) in [5.74, 6) is 0.681. The zero-order valence-corrected chi connectivity index (χ0v) is 10.3. The van der Waals surface area contributed by atoms with Gasteiger partial charge in [-0.05, 0) is 45.6 Å². The van der Waals surface area contributed by atoms with Crippen molar-refractivity contribution in [1.29, 1.82) is 0 Å². The third kappa shape index (κ3) is 4.49. The quantitative estimate of drug-likeness (QED) is 0.754. The van der Waals surface area contributed by atoms with Crippen LogP contribution in [0.3, 0.4) is 0 Å². The predicted octanol–water partition coefficient (Wildman–Crippen LogP) is 1.50. The average Bonchev–Trinajstić information content (AvgIpc) is 2.17. The third-order valence-corrected chi connectivity index (χ3v) is 3.26. The summed E-state index contributed by atoms with van der Waals surface area (Å²) in [5.41, 5.74) is 0. The fourth-order valence-corrected chi connectivity index (χ4v) is 2.51. The monoisotopic (exact) mass is 215 g/mol. The number of rotatable bonds is 5. The Hall–Kier alpha value is -0.120.